The number of fused-ring (bicyclic) bond motifs is 1. The molecular weight excluding hydrogens is 468 g/mol. The summed E-state index contributed by atoms with van der Waals surface area (Å²) in [4.78, 5) is 35.0. The zero-order valence-corrected chi connectivity index (χ0v) is 19.4. The van der Waals surface area contributed by atoms with Crippen molar-refractivity contribution in [1.82, 2.24) is 0 Å². The summed E-state index contributed by atoms with van der Waals surface area (Å²) in [5.41, 5.74) is 2.22. The lowest BCUT2D eigenvalue weighted by Gasteiger charge is -2.39. The van der Waals surface area contributed by atoms with Gasteiger partial charge in [0.2, 0.25) is 6.29 Å². The van der Waals surface area contributed by atoms with Gasteiger partial charge in [0.15, 0.2) is 6.10 Å². The van der Waals surface area contributed by atoms with E-state index in [-0.39, 0.29) is 37.2 Å². The Kier molecular flexibility index (Phi) is 8.00. The van der Waals surface area contributed by atoms with E-state index in [0.717, 1.165) is 5.57 Å². The molecule has 5 N–H and O–H groups in total. The van der Waals surface area contributed by atoms with Crippen molar-refractivity contribution in [2.75, 3.05) is 7.11 Å². The van der Waals surface area contributed by atoms with Crippen LogP contribution in [-0.2, 0) is 32.1 Å². The second kappa shape index (κ2) is 10.6. The highest BCUT2D eigenvalue weighted by Crippen LogP contribution is 2.44. The van der Waals surface area contributed by atoms with Gasteiger partial charge < -0.3 is 44.5 Å². The van der Waals surface area contributed by atoms with Crippen molar-refractivity contribution in [3.63, 3.8) is 0 Å². The van der Waals surface area contributed by atoms with E-state index in [9.17, 15) is 34.8 Å². The molecule has 0 aromatic heterocycles. The molecule has 0 aliphatic carbocycles. The molecule has 3 rings (SSSR count). The Morgan fingerprint density at radius 3 is 2.37 bits per heavy atom. The first-order chi connectivity index (χ1) is 16.5. The van der Waals surface area contributed by atoms with Gasteiger partial charge in [-0.2, -0.15) is 0 Å². The van der Waals surface area contributed by atoms with E-state index < -0.39 is 48.6 Å². The van der Waals surface area contributed by atoms with E-state index in [4.69, 9.17) is 24.1 Å². The molecule has 5 unspecified atom stereocenters. The normalized spacial score (nSPS) is 26.2. The molecule has 0 radical (unpaired) electrons. The molecule has 1 aromatic rings. The van der Waals surface area contributed by atoms with E-state index in [1.54, 1.807) is 19.9 Å². The predicted molar refractivity (Wildman–Crippen MR) is 116 cm³/mol. The number of cyclic esters (lactones) is 1. The maximum atomic E-state index is 12.6. The molecule has 35 heavy (non-hydrogen) atoms. The second-order valence-corrected chi connectivity index (χ2v) is 8.40. The average molecular weight is 496 g/mol. The fraction of sp³-hybridized carbons (Fsp3) is 0.522. The monoisotopic (exact) mass is 496 g/mol. The predicted octanol–water partition coefficient (Wildman–Crippen LogP) is 0.299. The number of aliphatic hydroxyl groups is 3. The number of esters is 1. The third-order valence-corrected chi connectivity index (χ3v) is 6.06. The van der Waals surface area contributed by atoms with Gasteiger partial charge in [0.25, 0.3) is 0 Å². The summed E-state index contributed by atoms with van der Waals surface area (Å²) in [6.45, 7) is 3.40. The van der Waals surface area contributed by atoms with Gasteiger partial charge in [-0.05, 0) is 32.3 Å². The molecule has 1 fully saturated rings. The van der Waals surface area contributed by atoms with Crippen molar-refractivity contribution in [2.24, 2.45) is 0 Å². The summed E-state index contributed by atoms with van der Waals surface area (Å²) in [5, 5.41) is 48.8. The molecule has 0 bridgehead atoms. The Labute approximate surface area is 200 Å². The van der Waals surface area contributed by atoms with Gasteiger partial charge in [-0.1, -0.05) is 11.6 Å². The Morgan fingerprint density at radius 1 is 1.09 bits per heavy atom. The highest BCUT2D eigenvalue weighted by Gasteiger charge is 2.49. The lowest BCUT2D eigenvalue weighted by molar-refractivity contribution is -0.271. The van der Waals surface area contributed by atoms with Crippen LogP contribution in [0.2, 0.25) is 0 Å². The quantitative estimate of drug-likeness (QED) is 0.233. The fourth-order valence-corrected chi connectivity index (χ4v) is 4.09. The number of aliphatic carboxylic acids is 2. The maximum absolute atomic E-state index is 12.6. The molecule has 1 saturated heterocycles. The van der Waals surface area contributed by atoms with Crippen LogP contribution in [0.15, 0.2) is 11.6 Å². The maximum Gasteiger partial charge on any atom is 0.342 e. The number of carbonyl (C=O) groups is 3. The SMILES string of the molecule is COc1c(C)c2c(c(OC3OC(C(=O)O)C(O)C(O)C3O)c1CC=C(C)CCC(=O)O)C(=O)OC2. The van der Waals surface area contributed by atoms with Gasteiger partial charge in [0.05, 0.1) is 7.11 Å². The minimum Gasteiger partial charge on any atom is -0.496 e. The lowest BCUT2D eigenvalue weighted by atomic mass is 9.94. The fourth-order valence-electron chi connectivity index (χ4n) is 4.09. The average Bonchev–Trinajstić information content (AvgIpc) is 3.19. The standard InChI is InChI=1S/C23H28O12/c1-9(5-7-13(24)25)4-6-11-18(32-3)10(2)12-8-33-22(31)14(12)19(11)34-23-17(28)15(26)16(27)20(35-23)21(29)30/h4,15-17,20,23,26-28H,5-8H2,1-3H3,(H,24,25)(H,29,30). The molecule has 0 saturated carbocycles. The molecule has 2 heterocycles. The Bertz CT molecular complexity index is 1050. The van der Waals surface area contributed by atoms with Crippen LogP contribution in [0.4, 0.5) is 0 Å². The number of hydrogen-bond acceptors (Lipinski definition) is 10. The molecule has 2 aliphatic heterocycles. The first-order valence-electron chi connectivity index (χ1n) is 10.8. The van der Waals surface area contributed by atoms with Crippen LogP contribution < -0.4 is 9.47 Å². The highest BCUT2D eigenvalue weighted by molar-refractivity contribution is 5.98. The minimum atomic E-state index is -1.91. The molecule has 2 aliphatic rings. The molecule has 0 spiro atoms. The van der Waals surface area contributed by atoms with Crippen LogP contribution in [0, 0.1) is 6.92 Å². The molecule has 192 valence electrons. The van der Waals surface area contributed by atoms with E-state index >= 15 is 0 Å². The first-order valence-corrected chi connectivity index (χ1v) is 10.8. The number of allylic oxidation sites excluding steroid dienone is 2. The zero-order chi connectivity index (χ0) is 26.0. The van der Waals surface area contributed by atoms with Crippen molar-refractivity contribution in [2.45, 2.75) is 70.4 Å². The van der Waals surface area contributed by atoms with Crippen molar-refractivity contribution >= 4 is 17.9 Å². The summed E-state index contributed by atoms with van der Waals surface area (Å²) in [7, 11) is 1.41. The number of benzene rings is 1. The van der Waals surface area contributed by atoms with E-state index in [1.165, 1.54) is 7.11 Å². The van der Waals surface area contributed by atoms with Crippen LogP contribution >= 0.6 is 0 Å². The van der Waals surface area contributed by atoms with Gasteiger partial charge >= 0.3 is 17.9 Å². The van der Waals surface area contributed by atoms with E-state index in [0.29, 0.717) is 22.4 Å². The van der Waals surface area contributed by atoms with Crippen molar-refractivity contribution in [3.8, 4) is 11.5 Å². The van der Waals surface area contributed by atoms with Gasteiger partial charge in [0, 0.05) is 17.5 Å². The number of rotatable bonds is 9. The Balaban J connectivity index is 2.07. The first kappa shape index (κ1) is 26.4. The molecule has 12 heteroatoms. The number of hydrogen-bond donors (Lipinski definition) is 5. The Hall–Kier alpha value is -3.19. The Morgan fingerprint density at radius 2 is 1.77 bits per heavy atom. The largest absolute Gasteiger partial charge is 0.496 e. The summed E-state index contributed by atoms with van der Waals surface area (Å²) >= 11 is 0. The summed E-state index contributed by atoms with van der Waals surface area (Å²) in [5.74, 6) is -2.99. The molecule has 1 aromatic carbocycles. The van der Waals surface area contributed by atoms with Crippen LogP contribution in [0.25, 0.3) is 0 Å². The van der Waals surface area contributed by atoms with Crippen LogP contribution in [0.5, 0.6) is 11.5 Å². The minimum absolute atomic E-state index is 0.0400. The molecule has 0 amide bonds. The van der Waals surface area contributed by atoms with E-state index in [1.807, 2.05) is 0 Å². The van der Waals surface area contributed by atoms with Crippen LogP contribution in [-0.4, -0.2) is 81.3 Å². The van der Waals surface area contributed by atoms with Gasteiger partial charge in [0.1, 0.15) is 42.0 Å². The van der Waals surface area contributed by atoms with Crippen molar-refractivity contribution in [1.29, 1.82) is 0 Å². The number of aliphatic hydroxyl groups excluding tert-OH is 3. The smallest absolute Gasteiger partial charge is 0.342 e. The number of carboxylic acids is 2. The number of methoxy groups -OCH3 is 1. The van der Waals surface area contributed by atoms with Gasteiger partial charge in [-0.3, -0.25) is 4.79 Å². The molecule has 12 nitrogen and oxygen atoms in total. The zero-order valence-electron chi connectivity index (χ0n) is 19.4. The van der Waals surface area contributed by atoms with E-state index in [2.05, 4.69) is 0 Å². The highest BCUT2D eigenvalue weighted by atomic mass is 16.7. The third-order valence-electron chi connectivity index (χ3n) is 6.06. The van der Waals surface area contributed by atoms with Gasteiger partial charge in [-0.15, -0.1) is 0 Å². The van der Waals surface area contributed by atoms with Crippen LogP contribution in [0.1, 0.15) is 46.8 Å². The summed E-state index contributed by atoms with van der Waals surface area (Å²) in [6.07, 6.45) is -7.23. The molecule has 5 atom stereocenters. The van der Waals surface area contributed by atoms with Crippen LogP contribution in [0.3, 0.4) is 0 Å². The number of ether oxygens (including phenoxy) is 4. The second-order valence-electron chi connectivity index (χ2n) is 8.40. The van der Waals surface area contributed by atoms with Crippen molar-refractivity contribution in [3.05, 3.63) is 33.9 Å². The number of carbonyl (C=O) groups excluding carboxylic acids is 1. The number of carboxylic acid groups (broad SMARTS) is 2. The topological polar surface area (TPSA) is 189 Å². The summed E-state index contributed by atoms with van der Waals surface area (Å²) in [6, 6.07) is 0. The van der Waals surface area contributed by atoms with Gasteiger partial charge in [-0.25, -0.2) is 9.59 Å². The molecular formula is C23H28O12. The van der Waals surface area contributed by atoms with Crippen molar-refractivity contribution < 1.29 is 58.9 Å². The third kappa shape index (κ3) is 5.25. The summed E-state index contributed by atoms with van der Waals surface area (Å²) < 4.78 is 21.8. The lowest BCUT2D eigenvalue weighted by Crippen LogP contribution is -2.61.